The minimum absolute atomic E-state index is 0.659. The van der Waals surface area contributed by atoms with Crippen LogP contribution in [0.25, 0.3) is 22.3 Å². The van der Waals surface area contributed by atoms with Crippen molar-refractivity contribution >= 4 is 44.3 Å². The van der Waals surface area contributed by atoms with E-state index in [9.17, 15) is 0 Å². The molecule has 128 valence electrons. The van der Waals surface area contributed by atoms with Gasteiger partial charge >= 0.3 is 0 Å². The standard InChI is InChI=1S/C21H15BrClN3/c22-16-8-6-15(7-9-16)20-25-19-12-17(23)10-11-18(19)21(26-20)24-13-14-4-2-1-3-5-14/h1-12H,13H2,(H,24,25,26). The lowest BCUT2D eigenvalue weighted by molar-refractivity contribution is 1.11. The highest BCUT2D eigenvalue weighted by molar-refractivity contribution is 9.10. The van der Waals surface area contributed by atoms with Crippen LogP contribution >= 0.6 is 27.5 Å². The van der Waals surface area contributed by atoms with Gasteiger partial charge in [0.1, 0.15) is 5.82 Å². The van der Waals surface area contributed by atoms with Crippen molar-refractivity contribution in [3.8, 4) is 11.4 Å². The van der Waals surface area contributed by atoms with Gasteiger partial charge in [-0.3, -0.25) is 0 Å². The van der Waals surface area contributed by atoms with E-state index in [1.165, 1.54) is 5.56 Å². The minimum atomic E-state index is 0.659. The van der Waals surface area contributed by atoms with Crippen LogP contribution in [0.3, 0.4) is 0 Å². The molecule has 0 aliphatic heterocycles. The van der Waals surface area contributed by atoms with Gasteiger partial charge in [-0.25, -0.2) is 9.97 Å². The maximum absolute atomic E-state index is 6.18. The van der Waals surface area contributed by atoms with E-state index >= 15 is 0 Å². The quantitative estimate of drug-likeness (QED) is 0.416. The van der Waals surface area contributed by atoms with E-state index < -0.39 is 0 Å². The van der Waals surface area contributed by atoms with E-state index in [-0.39, 0.29) is 0 Å². The normalized spacial score (nSPS) is 10.8. The lowest BCUT2D eigenvalue weighted by Crippen LogP contribution is -2.04. The molecule has 5 heteroatoms. The Labute approximate surface area is 165 Å². The highest BCUT2D eigenvalue weighted by Gasteiger charge is 2.10. The molecule has 0 spiro atoms. The highest BCUT2D eigenvalue weighted by Crippen LogP contribution is 2.28. The first kappa shape index (κ1) is 17.0. The SMILES string of the molecule is Clc1ccc2c(NCc3ccccc3)nc(-c3ccc(Br)cc3)nc2c1. The molecule has 4 rings (SSSR count). The summed E-state index contributed by atoms with van der Waals surface area (Å²) >= 11 is 9.64. The summed E-state index contributed by atoms with van der Waals surface area (Å²) in [5.41, 5.74) is 2.97. The predicted molar refractivity (Wildman–Crippen MR) is 111 cm³/mol. The third kappa shape index (κ3) is 3.71. The fourth-order valence-electron chi connectivity index (χ4n) is 2.75. The van der Waals surface area contributed by atoms with Gasteiger partial charge in [0.15, 0.2) is 5.82 Å². The third-order valence-corrected chi connectivity index (χ3v) is 4.83. The molecule has 1 heterocycles. The number of hydrogen-bond acceptors (Lipinski definition) is 3. The van der Waals surface area contributed by atoms with Crippen LogP contribution in [0, 0.1) is 0 Å². The molecule has 3 aromatic carbocycles. The second kappa shape index (κ2) is 7.44. The van der Waals surface area contributed by atoms with Gasteiger partial charge in [-0.15, -0.1) is 0 Å². The maximum Gasteiger partial charge on any atom is 0.162 e. The third-order valence-electron chi connectivity index (χ3n) is 4.06. The van der Waals surface area contributed by atoms with Gasteiger partial charge in [0.2, 0.25) is 0 Å². The Morgan fingerprint density at radius 2 is 1.65 bits per heavy atom. The molecule has 3 nitrogen and oxygen atoms in total. The number of benzene rings is 3. The molecule has 0 aliphatic carbocycles. The number of anilines is 1. The lowest BCUT2D eigenvalue weighted by Gasteiger charge is -2.11. The fraction of sp³-hybridized carbons (Fsp3) is 0.0476. The van der Waals surface area contributed by atoms with Gasteiger partial charge in [-0.2, -0.15) is 0 Å². The first-order valence-electron chi connectivity index (χ1n) is 8.20. The highest BCUT2D eigenvalue weighted by atomic mass is 79.9. The Kier molecular flexibility index (Phi) is 4.87. The number of halogens is 2. The molecule has 0 bridgehead atoms. The molecule has 0 amide bonds. The van der Waals surface area contributed by atoms with E-state index in [1.807, 2.05) is 60.7 Å². The number of nitrogens with zero attached hydrogens (tertiary/aromatic N) is 2. The van der Waals surface area contributed by atoms with Crippen LogP contribution in [-0.2, 0) is 6.54 Å². The van der Waals surface area contributed by atoms with Crippen LogP contribution < -0.4 is 5.32 Å². The van der Waals surface area contributed by atoms with Crippen LogP contribution in [0.4, 0.5) is 5.82 Å². The Morgan fingerprint density at radius 1 is 0.885 bits per heavy atom. The molecule has 0 saturated carbocycles. The molecule has 26 heavy (non-hydrogen) atoms. The molecule has 0 radical (unpaired) electrons. The van der Waals surface area contributed by atoms with Crippen molar-refractivity contribution in [1.29, 1.82) is 0 Å². The molecule has 0 atom stereocenters. The molecule has 4 aromatic rings. The molecule has 0 aliphatic rings. The van der Waals surface area contributed by atoms with E-state index in [4.69, 9.17) is 21.6 Å². The van der Waals surface area contributed by atoms with Crippen molar-refractivity contribution in [3.05, 3.63) is 87.9 Å². The summed E-state index contributed by atoms with van der Waals surface area (Å²) in [4.78, 5) is 9.47. The van der Waals surface area contributed by atoms with Crippen molar-refractivity contribution < 1.29 is 0 Å². The van der Waals surface area contributed by atoms with Crippen LogP contribution in [0.1, 0.15) is 5.56 Å². The average molecular weight is 425 g/mol. The first-order valence-corrected chi connectivity index (χ1v) is 9.37. The van der Waals surface area contributed by atoms with E-state index in [2.05, 4.69) is 33.4 Å². The van der Waals surface area contributed by atoms with Crippen LogP contribution in [0.15, 0.2) is 77.3 Å². The smallest absolute Gasteiger partial charge is 0.162 e. The van der Waals surface area contributed by atoms with Crippen LogP contribution in [0.5, 0.6) is 0 Å². The lowest BCUT2D eigenvalue weighted by atomic mass is 10.1. The summed E-state index contributed by atoms with van der Waals surface area (Å²) in [7, 11) is 0. The van der Waals surface area contributed by atoms with Gasteiger partial charge in [-0.05, 0) is 35.9 Å². The monoisotopic (exact) mass is 423 g/mol. The van der Waals surface area contributed by atoms with Crippen molar-refractivity contribution in [2.24, 2.45) is 0 Å². The number of nitrogens with one attached hydrogen (secondary N) is 1. The number of hydrogen-bond donors (Lipinski definition) is 1. The van der Waals surface area contributed by atoms with Gasteiger partial charge in [0.05, 0.1) is 5.52 Å². The molecule has 0 unspecified atom stereocenters. The first-order chi connectivity index (χ1) is 12.7. The largest absolute Gasteiger partial charge is 0.365 e. The summed E-state index contributed by atoms with van der Waals surface area (Å²) < 4.78 is 1.02. The number of aromatic nitrogens is 2. The Bertz CT molecular complexity index is 1050. The van der Waals surface area contributed by atoms with Gasteiger partial charge in [-0.1, -0.05) is 70.0 Å². The van der Waals surface area contributed by atoms with E-state index in [0.29, 0.717) is 17.4 Å². The fourth-order valence-corrected chi connectivity index (χ4v) is 3.18. The number of fused-ring (bicyclic) bond motifs is 1. The van der Waals surface area contributed by atoms with Crippen molar-refractivity contribution in [1.82, 2.24) is 9.97 Å². The maximum atomic E-state index is 6.18. The molecular weight excluding hydrogens is 410 g/mol. The zero-order chi connectivity index (χ0) is 17.9. The van der Waals surface area contributed by atoms with Gasteiger partial charge in [0.25, 0.3) is 0 Å². The van der Waals surface area contributed by atoms with E-state index in [1.54, 1.807) is 0 Å². The minimum Gasteiger partial charge on any atom is -0.365 e. The Balaban J connectivity index is 1.77. The van der Waals surface area contributed by atoms with Crippen LogP contribution in [0.2, 0.25) is 5.02 Å². The molecule has 1 N–H and O–H groups in total. The van der Waals surface area contributed by atoms with Crippen molar-refractivity contribution in [3.63, 3.8) is 0 Å². The second-order valence-corrected chi connectivity index (χ2v) is 7.26. The molecular formula is C21H15BrClN3. The van der Waals surface area contributed by atoms with Gasteiger partial charge < -0.3 is 5.32 Å². The number of rotatable bonds is 4. The zero-order valence-electron chi connectivity index (χ0n) is 13.8. The van der Waals surface area contributed by atoms with Crippen LogP contribution in [-0.4, -0.2) is 9.97 Å². The summed E-state index contributed by atoms with van der Waals surface area (Å²) in [5.74, 6) is 1.47. The summed E-state index contributed by atoms with van der Waals surface area (Å²) in [6.45, 7) is 0.690. The Hall–Kier alpha value is -2.43. The van der Waals surface area contributed by atoms with Crippen molar-refractivity contribution in [2.75, 3.05) is 5.32 Å². The molecule has 0 saturated heterocycles. The van der Waals surface area contributed by atoms with Crippen molar-refractivity contribution in [2.45, 2.75) is 6.54 Å². The zero-order valence-corrected chi connectivity index (χ0v) is 16.1. The second-order valence-electron chi connectivity index (χ2n) is 5.90. The molecule has 0 fully saturated rings. The summed E-state index contributed by atoms with van der Waals surface area (Å²) in [6, 6.07) is 23.9. The Morgan fingerprint density at radius 3 is 2.42 bits per heavy atom. The predicted octanol–water partition coefficient (Wildman–Crippen LogP) is 6.32. The van der Waals surface area contributed by atoms with Gasteiger partial charge in [0, 0.05) is 27.0 Å². The summed E-state index contributed by atoms with van der Waals surface area (Å²) in [5, 5.41) is 5.05. The molecule has 1 aromatic heterocycles. The van der Waals surface area contributed by atoms with E-state index in [0.717, 1.165) is 26.8 Å². The summed E-state index contributed by atoms with van der Waals surface area (Å²) in [6.07, 6.45) is 0. The topological polar surface area (TPSA) is 37.8 Å². The average Bonchev–Trinajstić information content (AvgIpc) is 2.67.